The van der Waals surface area contributed by atoms with E-state index in [9.17, 15) is 4.79 Å². The summed E-state index contributed by atoms with van der Waals surface area (Å²) in [5, 5.41) is 2.88. The molecule has 1 amide bonds. The molecule has 1 rings (SSSR count). The van der Waals surface area contributed by atoms with Crippen LogP contribution in [0.2, 0.25) is 0 Å². The normalized spacial score (nSPS) is 11.9. The molecule has 1 unspecified atom stereocenters. The number of carbonyl (C=O) groups excluding carboxylic acids is 1. The average molecular weight is 256 g/mol. The monoisotopic (exact) mass is 255 g/mol. The zero-order valence-corrected chi connectivity index (χ0v) is 11.0. The van der Waals surface area contributed by atoms with E-state index < -0.39 is 0 Å². The summed E-state index contributed by atoms with van der Waals surface area (Å²) in [4.78, 5) is 11.4. The van der Waals surface area contributed by atoms with Gasteiger partial charge in [-0.05, 0) is 31.5 Å². The fourth-order valence-corrected chi connectivity index (χ4v) is 1.67. The van der Waals surface area contributed by atoms with Gasteiger partial charge in [-0.1, -0.05) is 12.1 Å². The van der Waals surface area contributed by atoms with Gasteiger partial charge in [-0.3, -0.25) is 4.79 Å². The van der Waals surface area contributed by atoms with E-state index >= 15 is 0 Å². The lowest BCUT2D eigenvalue weighted by Gasteiger charge is -2.14. The Morgan fingerprint density at radius 3 is 2.59 bits per heavy atom. The minimum Gasteiger partial charge on any atom is -0.494 e. The first-order valence-corrected chi connectivity index (χ1v) is 6.29. The van der Waals surface area contributed by atoms with Crippen molar-refractivity contribution < 1.29 is 9.53 Å². The Kier molecular flexibility index (Phi) is 5.84. The standard InChI is InChI=1S/C13H18ClNO2/c1-3-17-12-6-4-11(5-7-12)10(2)15-13(16)8-9-14/h4-7,10H,3,8-9H2,1-2H3,(H,15,16). The number of ether oxygens (including phenoxy) is 1. The molecule has 0 heterocycles. The van der Waals surface area contributed by atoms with Crippen molar-refractivity contribution in [1.82, 2.24) is 5.32 Å². The molecule has 0 aliphatic rings. The molecule has 0 aliphatic heterocycles. The second-order valence-corrected chi connectivity index (χ2v) is 4.11. The van der Waals surface area contributed by atoms with Gasteiger partial charge in [-0.2, -0.15) is 0 Å². The number of rotatable bonds is 6. The van der Waals surface area contributed by atoms with Crippen LogP contribution >= 0.6 is 11.6 Å². The van der Waals surface area contributed by atoms with Gasteiger partial charge in [0.15, 0.2) is 0 Å². The van der Waals surface area contributed by atoms with Crippen molar-refractivity contribution in [1.29, 1.82) is 0 Å². The molecule has 3 nitrogen and oxygen atoms in total. The summed E-state index contributed by atoms with van der Waals surface area (Å²) in [5.41, 5.74) is 1.05. The van der Waals surface area contributed by atoms with E-state index in [1.807, 2.05) is 38.1 Å². The smallest absolute Gasteiger partial charge is 0.221 e. The van der Waals surface area contributed by atoms with Crippen LogP contribution in [0.25, 0.3) is 0 Å². The van der Waals surface area contributed by atoms with Crippen LogP contribution < -0.4 is 10.1 Å². The highest BCUT2D eigenvalue weighted by molar-refractivity contribution is 6.18. The first kappa shape index (κ1) is 13.8. The van der Waals surface area contributed by atoms with Crippen molar-refractivity contribution in [2.24, 2.45) is 0 Å². The van der Waals surface area contributed by atoms with Gasteiger partial charge in [0.05, 0.1) is 12.6 Å². The van der Waals surface area contributed by atoms with E-state index in [0.29, 0.717) is 18.9 Å². The van der Waals surface area contributed by atoms with Crippen LogP contribution in [0, 0.1) is 0 Å². The maximum Gasteiger partial charge on any atom is 0.221 e. The lowest BCUT2D eigenvalue weighted by molar-refractivity contribution is -0.121. The molecule has 0 radical (unpaired) electrons. The molecule has 4 heteroatoms. The second-order valence-electron chi connectivity index (χ2n) is 3.73. The fraction of sp³-hybridized carbons (Fsp3) is 0.462. The predicted octanol–water partition coefficient (Wildman–Crippen LogP) is 2.89. The quantitative estimate of drug-likeness (QED) is 0.794. The van der Waals surface area contributed by atoms with Crippen molar-refractivity contribution in [2.45, 2.75) is 26.3 Å². The van der Waals surface area contributed by atoms with Crippen LogP contribution in [0.4, 0.5) is 0 Å². The number of hydrogen-bond acceptors (Lipinski definition) is 2. The van der Waals surface area contributed by atoms with Crippen LogP contribution in [-0.2, 0) is 4.79 Å². The van der Waals surface area contributed by atoms with Gasteiger partial charge in [0, 0.05) is 12.3 Å². The van der Waals surface area contributed by atoms with Crippen LogP contribution in [0.5, 0.6) is 5.75 Å². The molecule has 1 aromatic rings. The Morgan fingerprint density at radius 2 is 2.06 bits per heavy atom. The van der Waals surface area contributed by atoms with E-state index in [1.165, 1.54) is 0 Å². The van der Waals surface area contributed by atoms with E-state index in [2.05, 4.69) is 5.32 Å². The van der Waals surface area contributed by atoms with Gasteiger partial charge >= 0.3 is 0 Å². The highest BCUT2D eigenvalue weighted by Gasteiger charge is 2.08. The summed E-state index contributed by atoms with van der Waals surface area (Å²) in [6, 6.07) is 7.71. The molecular weight excluding hydrogens is 238 g/mol. The second kappa shape index (κ2) is 7.17. The summed E-state index contributed by atoms with van der Waals surface area (Å²) in [7, 11) is 0. The Hall–Kier alpha value is -1.22. The summed E-state index contributed by atoms with van der Waals surface area (Å²) < 4.78 is 5.36. The lowest BCUT2D eigenvalue weighted by atomic mass is 10.1. The van der Waals surface area contributed by atoms with E-state index in [1.54, 1.807) is 0 Å². The molecule has 17 heavy (non-hydrogen) atoms. The Bertz CT molecular complexity index is 351. The third-order valence-corrected chi connectivity index (χ3v) is 2.58. The van der Waals surface area contributed by atoms with E-state index in [-0.39, 0.29) is 11.9 Å². The van der Waals surface area contributed by atoms with Gasteiger partial charge in [-0.25, -0.2) is 0 Å². The van der Waals surface area contributed by atoms with Gasteiger partial charge in [0.2, 0.25) is 5.91 Å². The Balaban J connectivity index is 2.56. The molecule has 0 saturated heterocycles. The minimum absolute atomic E-state index is 0.0126. The van der Waals surface area contributed by atoms with Crippen LogP contribution in [0.15, 0.2) is 24.3 Å². The van der Waals surface area contributed by atoms with E-state index in [0.717, 1.165) is 11.3 Å². The number of alkyl halides is 1. The highest BCUT2D eigenvalue weighted by Crippen LogP contribution is 2.17. The number of hydrogen-bond donors (Lipinski definition) is 1. The largest absolute Gasteiger partial charge is 0.494 e. The molecule has 0 fully saturated rings. The summed E-state index contributed by atoms with van der Waals surface area (Å²) in [6.07, 6.45) is 0.350. The molecule has 0 aromatic heterocycles. The summed E-state index contributed by atoms with van der Waals surface area (Å²) >= 11 is 5.50. The number of carbonyl (C=O) groups is 1. The zero-order chi connectivity index (χ0) is 12.7. The molecule has 1 atom stereocenters. The lowest BCUT2D eigenvalue weighted by Crippen LogP contribution is -2.26. The van der Waals surface area contributed by atoms with Crippen LogP contribution in [-0.4, -0.2) is 18.4 Å². The van der Waals surface area contributed by atoms with Crippen molar-refractivity contribution >= 4 is 17.5 Å². The minimum atomic E-state index is -0.0265. The van der Waals surface area contributed by atoms with Crippen molar-refractivity contribution in [3.63, 3.8) is 0 Å². The molecule has 0 bridgehead atoms. The van der Waals surface area contributed by atoms with Gasteiger partial charge < -0.3 is 10.1 Å². The molecule has 1 aromatic carbocycles. The van der Waals surface area contributed by atoms with Crippen molar-refractivity contribution in [3.8, 4) is 5.75 Å². The number of nitrogens with one attached hydrogen (secondary N) is 1. The number of benzene rings is 1. The van der Waals surface area contributed by atoms with Gasteiger partial charge in [0.25, 0.3) is 0 Å². The number of halogens is 1. The van der Waals surface area contributed by atoms with Crippen molar-refractivity contribution in [2.75, 3.05) is 12.5 Å². The molecule has 0 spiro atoms. The number of amides is 1. The predicted molar refractivity (Wildman–Crippen MR) is 69.5 cm³/mol. The molecule has 1 N–H and O–H groups in total. The van der Waals surface area contributed by atoms with Crippen LogP contribution in [0.3, 0.4) is 0 Å². The first-order chi connectivity index (χ1) is 8.17. The Morgan fingerprint density at radius 1 is 1.41 bits per heavy atom. The SMILES string of the molecule is CCOc1ccc(C(C)NC(=O)CCCl)cc1. The Labute approximate surface area is 107 Å². The molecule has 0 aliphatic carbocycles. The van der Waals surface area contributed by atoms with E-state index in [4.69, 9.17) is 16.3 Å². The van der Waals surface area contributed by atoms with Crippen LogP contribution in [0.1, 0.15) is 31.9 Å². The fourth-order valence-electron chi connectivity index (χ4n) is 1.50. The summed E-state index contributed by atoms with van der Waals surface area (Å²) in [6.45, 7) is 4.55. The first-order valence-electron chi connectivity index (χ1n) is 5.75. The topological polar surface area (TPSA) is 38.3 Å². The summed E-state index contributed by atoms with van der Waals surface area (Å²) in [5.74, 6) is 1.17. The third-order valence-electron chi connectivity index (χ3n) is 2.39. The van der Waals surface area contributed by atoms with Crippen molar-refractivity contribution in [3.05, 3.63) is 29.8 Å². The molecule has 0 saturated carbocycles. The van der Waals surface area contributed by atoms with Gasteiger partial charge in [-0.15, -0.1) is 11.6 Å². The highest BCUT2D eigenvalue weighted by atomic mass is 35.5. The molecule has 94 valence electrons. The zero-order valence-electron chi connectivity index (χ0n) is 10.2. The third kappa shape index (κ3) is 4.65. The van der Waals surface area contributed by atoms with Gasteiger partial charge in [0.1, 0.15) is 5.75 Å². The average Bonchev–Trinajstić information content (AvgIpc) is 2.30. The maximum atomic E-state index is 11.4. The molecular formula is C13H18ClNO2. The maximum absolute atomic E-state index is 11.4.